The van der Waals surface area contributed by atoms with Crippen LogP contribution < -0.4 is 0 Å². The summed E-state index contributed by atoms with van der Waals surface area (Å²) >= 11 is 0. The second kappa shape index (κ2) is 6.55. The number of piperidine rings is 1. The number of nitrogens with zero attached hydrogens (tertiary/aromatic N) is 3. The fourth-order valence-electron chi connectivity index (χ4n) is 4.00. The number of amides is 1. The zero-order chi connectivity index (χ0) is 15.6. The van der Waals surface area contributed by atoms with Crippen LogP contribution in [-0.2, 0) is 20.9 Å². The lowest BCUT2D eigenvalue weighted by Crippen LogP contribution is -2.52. The molecule has 4 heterocycles. The Morgan fingerprint density at radius 1 is 1.35 bits per heavy atom. The molecule has 124 valence electrons. The van der Waals surface area contributed by atoms with Crippen molar-refractivity contribution in [2.75, 3.05) is 32.8 Å². The number of aromatic nitrogens is 1. The van der Waals surface area contributed by atoms with Crippen molar-refractivity contribution in [1.29, 1.82) is 0 Å². The van der Waals surface area contributed by atoms with Gasteiger partial charge in [0.25, 0.3) is 5.91 Å². The van der Waals surface area contributed by atoms with E-state index in [2.05, 4.69) is 16.0 Å². The van der Waals surface area contributed by atoms with E-state index in [4.69, 9.17) is 9.57 Å². The van der Waals surface area contributed by atoms with Gasteiger partial charge in [-0.15, -0.1) is 0 Å². The van der Waals surface area contributed by atoms with Gasteiger partial charge in [-0.25, -0.2) is 5.06 Å². The van der Waals surface area contributed by atoms with Crippen LogP contribution in [0.4, 0.5) is 0 Å². The van der Waals surface area contributed by atoms with Crippen LogP contribution in [0.2, 0.25) is 0 Å². The number of carbonyl (C=O) groups is 1. The Morgan fingerprint density at radius 3 is 3.09 bits per heavy atom. The van der Waals surface area contributed by atoms with Crippen molar-refractivity contribution in [3.05, 3.63) is 30.1 Å². The van der Waals surface area contributed by atoms with Gasteiger partial charge >= 0.3 is 0 Å². The topological polar surface area (TPSA) is 54.9 Å². The monoisotopic (exact) mass is 317 g/mol. The number of rotatable bonds is 3. The first-order valence-electron chi connectivity index (χ1n) is 8.48. The van der Waals surface area contributed by atoms with Crippen LogP contribution in [0.15, 0.2) is 24.5 Å². The zero-order valence-corrected chi connectivity index (χ0v) is 13.3. The van der Waals surface area contributed by atoms with Gasteiger partial charge in [0.2, 0.25) is 0 Å². The number of ether oxygens (including phenoxy) is 1. The average molecular weight is 317 g/mol. The van der Waals surface area contributed by atoms with E-state index in [9.17, 15) is 4.79 Å². The van der Waals surface area contributed by atoms with Crippen molar-refractivity contribution in [3.63, 3.8) is 0 Å². The van der Waals surface area contributed by atoms with Crippen LogP contribution >= 0.6 is 0 Å². The van der Waals surface area contributed by atoms with Crippen molar-refractivity contribution < 1.29 is 14.4 Å². The molecule has 0 unspecified atom stereocenters. The molecule has 3 aliphatic heterocycles. The molecule has 1 aromatic heterocycles. The molecule has 3 atom stereocenters. The largest absolute Gasteiger partial charge is 0.377 e. The Morgan fingerprint density at radius 2 is 2.30 bits per heavy atom. The molecule has 0 aliphatic carbocycles. The first-order chi connectivity index (χ1) is 11.3. The smallest absolute Gasteiger partial charge is 0.250 e. The third kappa shape index (κ3) is 3.11. The van der Waals surface area contributed by atoms with Gasteiger partial charge in [0.05, 0.1) is 25.2 Å². The number of likely N-dealkylation sites (tertiary alicyclic amines) is 1. The van der Waals surface area contributed by atoms with Gasteiger partial charge in [-0.1, -0.05) is 6.07 Å². The zero-order valence-electron chi connectivity index (χ0n) is 13.3. The van der Waals surface area contributed by atoms with E-state index in [0.29, 0.717) is 12.5 Å². The minimum atomic E-state index is -0.0222. The average Bonchev–Trinajstić information content (AvgIpc) is 3.26. The molecule has 6 nitrogen and oxygen atoms in total. The Bertz CT molecular complexity index is 547. The maximum atomic E-state index is 12.8. The first kappa shape index (κ1) is 15.1. The predicted molar refractivity (Wildman–Crippen MR) is 83.1 cm³/mol. The molecule has 3 saturated heterocycles. The number of fused-ring (bicyclic) bond motifs is 1. The molecule has 0 bridgehead atoms. The fraction of sp³-hybridized carbons (Fsp3) is 0.647. The first-order valence-corrected chi connectivity index (χ1v) is 8.48. The summed E-state index contributed by atoms with van der Waals surface area (Å²) in [6.45, 7) is 4.62. The number of pyridine rings is 1. The summed E-state index contributed by atoms with van der Waals surface area (Å²) in [6, 6.07) is 4.03. The van der Waals surface area contributed by atoms with E-state index in [1.54, 1.807) is 11.3 Å². The highest BCUT2D eigenvalue weighted by atomic mass is 16.7. The quantitative estimate of drug-likeness (QED) is 0.835. The van der Waals surface area contributed by atoms with E-state index in [0.717, 1.165) is 45.6 Å². The molecule has 0 radical (unpaired) electrons. The standard InChI is InChI=1S/C17H23N3O3/c21-17(20-6-2-7-23-20)15-11-19(10-13-3-1-5-18-9-13)12-16-14(15)4-8-22-16/h1,3,5,9,14-16H,2,4,6-8,10-12H2/t14-,15-,16+/m0/s1. The van der Waals surface area contributed by atoms with Crippen molar-refractivity contribution in [1.82, 2.24) is 14.9 Å². The molecular formula is C17H23N3O3. The van der Waals surface area contributed by atoms with E-state index in [-0.39, 0.29) is 17.9 Å². The van der Waals surface area contributed by atoms with Crippen LogP contribution in [0.1, 0.15) is 18.4 Å². The van der Waals surface area contributed by atoms with Crippen LogP contribution in [0.25, 0.3) is 0 Å². The second-order valence-electron chi connectivity index (χ2n) is 6.65. The normalized spacial score (nSPS) is 31.3. The van der Waals surface area contributed by atoms with Gasteiger partial charge in [-0.2, -0.15) is 0 Å². The second-order valence-corrected chi connectivity index (χ2v) is 6.65. The number of hydrogen-bond acceptors (Lipinski definition) is 5. The van der Waals surface area contributed by atoms with Gasteiger partial charge in [0, 0.05) is 44.6 Å². The summed E-state index contributed by atoms with van der Waals surface area (Å²) in [4.78, 5) is 24.8. The molecule has 0 aromatic carbocycles. The van der Waals surface area contributed by atoms with Gasteiger partial charge in [0.1, 0.15) is 0 Å². The third-order valence-corrected chi connectivity index (χ3v) is 5.12. The van der Waals surface area contributed by atoms with Crippen molar-refractivity contribution in [3.8, 4) is 0 Å². The Kier molecular flexibility index (Phi) is 4.29. The lowest BCUT2D eigenvalue weighted by Gasteiger charge is -2.40. The van der Waals surface area contributed by atoms with Crippen molar-refractivity contribution in [2.24, 2.45) is 11.8 Å². The highest BCUT2D eigenvalue weighted by molar-refractivity contribution is 5.79. The van der Waals surface area contributed by atoms with E-state index >= 15 is 0 Å². The summed E-state index contributed by atoms with van der Waals surface area (Å²) in [6.07, 6.45) is 5.75. The SMILES string of the molecule is O=C([C@H]1CN(Cc2cccnc2)C[C@H]2OCC[C@@H]12)N1CCCO1. The highest BCUT2D eigenvalue weighted by Crippen LogP contribution is 2.35. The molecule has 1 aromatic rings. The number of hydrogen-bond donors (Lipinski definition) is 0. The summed E-state index contributed by atoms with van der Waals surface area (Å²) in [5.74, 6) is 0.446. The van der Waals surface area contributed by atoms with Gasteiger partial charge in [-0.3, -0.25) is 19.5 Å². The third-order valence-electron chi connectivity index (χ3n) is 5.12. The minimum absolute atomic E-state index is 0.0222. The van der Waals surface area contributed by atoms with E-state index in [1.165, 1.54) is 5.56 Å². The molecule has 0 spiro atoms. The molecule has 3 fully saturated rings. The van der Waals surface area contributed by atoms with Crippen molar-refractivity contribution >= 4 is 5.91 Å². The van der Waals surface area contributed by atoms with Gasteiger partial charge in [-0.05, 0) is 24.5 Å². The van der Waals surface area contributed by atoms with Gasteiger partial charge < -0.3 is 4.74 Å². The lowest BCUT2D eigenvalue weighted by atomic mass is 9.82. The van der Waals surface area contributed by atoms with Crippen molar-refractivity contribution in [2.45, 2.75) is 25.5 Å². The summed E-state index contributed by atoms with van der Waals surface area (Å²) in [5, 5.41) is 1.58. The Hall–Kier alpha value is -1.50. The Balaban J connectivity index is 1.49. The number of hydroxylamine groups is 2. The van der Waals surface area contributed by atoms with E-state index < -0.39 is 0 Å². The van der Waals surface area contributed by atoms with E-state index in [1.807, 2.05) is 12.3 Å². The Labute approximate surface area is 136 Å². The summed E-state index contributed by atoms with van der Waals surface area (Å²) in [5.41, 5.74) is 1.17. The summed E-state index contributed by atoms with van der Waals surface area (Å²) in [7, 11) is 0. The number of carbonyl (C=O) groups excluding carboxylic acids is 1. The molecule has 6 heteroatoms. The molecule has 23 heavy (non-hydrogen) atoms. The molecule has 0 saturated carbocycles. The van der Waals surface area contributed by atoms with Crippen LogP contribution in [0.3, 0.4) is 0 Å². The van der Waals surface area contributed by atoms with Crippen LogP contribution in [0, 0.1) is 11.8 Å². The summed E-state index contributed by atoms with van der Waals surface area (Å²) < 4.78 is 5.90. The van der Waals surface area contributed by atoms with Gasteiger partial charge in [0.15, 0.2) is 0 Å². The van der Waals surface area contributed by atoms with Crippen LogP contribution in [0.5, 0.6) is 0 Å². The molecule has 4 rings (SSSR count). The fourth-order valence-corrected chi connectivity index (χ4v) is 4.00. The maximum Gasteiger partial charge on any atom is 0.250 e. The predicted octanol–water partition coefficient (Wildman–Crippen LogP) is 1.08. The molecule has 3 aliphatic rings. The molecule has 0 N–H and O–H groups in total. The highest BCUT2D eigenvalue weighted by Gasteiger charge is 2.45. The molecular weight excluding hydrogens is 294 g/mol. The lowest BCUT2D eigenvalue weighted by molar-refractivity contribution is -0.179. The maximum absolute atomic E-state index is 12.8. The minimum Gasteiger partial charge on any atom is -0.377 e. The van der Waals surface area contributed by atoms with Crippen LogP contribution in [-0.4, -0.2) is 59.8 Å². The molecule has 1 amide bonds.